The fraction of sp³-hybridized carbons (Fsp3) is 0.667. The lowest BCUT2D eigenvalue weighted by molar-refractivity contribution is 0.175. The van der Waals surface area contributed by atoms with Gasteiger partial charge in [-0.05, 0) is 36.3 Å². The summed E-state index contributed by atoms with van der Waals surface area (Å²) < 4.78 is 30.4. The zero-order chi connectivity index (χ0) is 22.3. The predicted octanol–water partition coefficient (Wildman–Crippen LogP) is 5.83. The summed E-state index contributed by atoms with van der Waals surface area (Å²) in [4.78, 5) is 0. The molecule has 0 saturated heterocycles. The van der Waals surface area contributed by atoms with E-state index in [0.29, 0.717) is 5.75 Å². The highest BCUT2D eigenvalue weighted by Gasteiger charge is 2.55. The molecule has 0 aliphatic carbocycles. The highest BCUT2D eigenvalue weighted by molar-refractivity contribution is 7.82. The van der Waals surface area contributed by atoms with Crippen molar-refractivity contribution in [1.29, 1.82) is 5.26 Å². The second-order valence-electron chi connectivity index (χ2n) is 9.23. The van der Waals surface area contributed by atoms with Gasteiger partial charge in [0.2, 0.25) is 5.66 Å². The Kier molecular flexibility index (Phi) is 6.77. The fourth-order valence-corrected chi connectivity index (χ4v) is 5.71. The summed E-state index contributed by atoms with van der Waals surface area (Å²) in [6, 6.07) is 6.19. The van der Waals surface area contributed by atoms with E-state index in [0.717, 1.165) is 16.8 Å². The van der Waals surface area contributed by atoms with Crippen LogP contribution in [-0.2, 0) is 24.4 Å². The van der Waals surface area contributed by atoms with Crippen molar-refractivity contribution < 1.29 is 18.3 Å². The molecular weight excluding hydrogens is 407 g/mol. The van der Waals surface area contributed by atoms with Gasteiger partial charge in [-0.2, -0.15) is 5.26 Å². The topological polar surface area (TPSA) is 80.6 Å². The third-order valence-electron chi connectivity index (χ3n) is 4.76. The zero-order valence-electron chi connectivity index (χ0n) is 18.6. The lowest BCUT2D eigenvalue weighted by Gasteiger charge is -2.32. The summed E-state index contributed by atoms with van der Waals surface area (Å²) in [7, 11) is -3.80. The number of nitrogens with one attached hydrogen (secondary N) is 1. The minimum absolute atomic E-state index is 0.0842. The minimum Gasteiger partial charge on any atom is -0.454 e. The Bertz CT molecular complexity index is 844. The summed E-state index contributed by atoms with van der Waals surface area (Å²) in [5, 5.41) is 11.5. The molecule has 0 spiro atoms. The Morgan fingerprint density at radius 1 is 1.17 bits per heavy atom. The number of hydrogen-bond donors (Lipinski definition) is 2. The van der Waals surface area contributed by atoms with Crippen molar-refractivity contribution in [3.05, 3.63) is 23.3 Å². The van der Waals surface area contributed by atoms with Gasteiger partial charge >= 0.3 is 7.60 Å². The van der Waals surface area contributed by atoms with Crippen molar-refractivity contribution in [2.75, 3.05) is 18.5 Å². The highest BCUT2D eigenvalue weighted by atomic mass is 32.1. The molecule has 29 heavy (non-hydrogen) atoms. The van der Waals surface area contributed by atoms with Crippen LogP contribution in [0.5, 0.6) is 5.75 Å². The number of fused-ring (bicyclic) bond motifs is 1. The van der Waals surface area contributed by atoms with Gasteiger partial charge in [0, 0.05) is 5.56 Å². The van der Waals surface area contributed by atoms with E-state index >= 15 is 0 Å². The predicted molar refractivity (Wildman–Crippen MR) is 120 cm³/mol. The van der Waals surface area contributed by atoms with E-state index in [1.807, 2.05) is 6.07 Å². The normalized spacial score (nSPS) is 20.4. The summed E-state index contributed by atoms with van der Waals surface area (Å²) in [6.07, 6.45) is 0. The third-order valence-corrected chi connectivity index (χ3v) is 7.77. The third kappa shape index (κ3) is 4.77. The zero-order valence-corrected chi connectivity index (χ0v) is 20.4. The van der Waals surface area contributed by atoms with Gasteiger partial charge in [-0.1, -0.05) is 47.6 Å². The molecule has 2 rings (SSSR count). The number of rotatable bonds is 6. The van der Waals surface area contributed by atoms with E-state index < -0.39 is 18.3 Å². The first-order chi connectivity index (χ1) is 13.2. The van der Waals surface area contributed by atoms with Gasteiger partial charge in [0.1, 0.15) is 0 Å². The number of thiol groups is 1. The lowest BCUT2D eigenvalue weighted by Crippen LogP contribution is -2.46. The van der Waals surface area contributed by atoms with Crippen molar-refractivity contribution in [2.24, 2.45) is 0 Å². The van der Waals surface area contributed by atoms with Crippen molar-refractivity contribution in [3.8, 4) is 11.8 Å². The number of ether oxygens (including phenoxy) is 1. The molecule has 1 aliphatic rings. The molecule has 0 amide bonds. The molecule has 8 heteroatoms. The average molecular weight is 441 g/mol. The molecule has 1 heterocycles. The van der Waals surface area contributed by atoms with E-state index in [-0.39, 0.29) is 24.0 Å². The second kappa shape index (κ2) is 8.15. The molecule has 1 aromatic carbocycles. The standard InChI is InChI=1S/C21H33N2O4PS/c1-9-25-28(24,26-10-2)17(13-22)21(29)23-16-12-14(19(3,4)5)11-15(18(16)27-21)20(6,7)8/h11-12,17,23,29H,9-10H2,1-8H3. The van der Waals surface area contributed by atoms with Crippen LogP contribution >= 0.6 is 20.2 Å². The maximum absolute atomic E-state index is 13.4. The molecule has 0 fully saturated rings. The van der Waals surface area contributed by atoms with Crippen LogP contribution in [0.25, 0.3) is 0 Å². The molecule has 0 bridgehead atoms. The van der Waals surface area contributed by atoms with E-state index in [1.54, 1.807) is 13.8 Å². The van der Waals surface area contributed by atoms with Gasteiger partial charge in [-0.3, -0.25) is 4.57 Å². The average Bonchev–Trinajstić information content (AvgIpc) is 2.89. The van der Waals surface area contributed by atoms with E-state index in [4.69, 9.17) is 13.8 Å². The summed E-state index contributed by atoms with van der Waals surface area (Å²) in [6.45, 7) is 16.4. The first kappa shape index (κ1) is 24.1. The van der Waals surface area contributed by atoms with E-state index in [2.05, 4.69) is 71.6 Å². The lowest BCUT2D eigenvalue weighted by atomic mass is 9.80. The number of hydrogen-bond acceptors (Lipinski definition) is 7. The second-order valence-corrected chi connectivity index (χ2v) is 12.0. The molecule has 2 unspecified atom stereocenters. The fourth-order valence-electron chi connectivity index (χ4n) is 3.24. The maximum Gasteiger partial charge on any atom is 0.354 e. The van der Waals surface area contributed by atoms with E-state index in [9.17, 15) is 9.83 Å². The minimum atomic E-state index is -3.80. The van der Waals surface area contributed by atoms with Crippen molar-refractivity contribution in [2.45, 2.75) is 76.9 Å². The number of benzene rings is 1. The van der Waals surface area contributed by atoms with Crippen LogP contribution in [0.15, 0.2) is 12.1 Å². The van der Waals surface area contributed by atoms with Gasteiger partial charge in [0.15, 0.2) is 5.75 Å². The Balaban J connectivity index is 2.60. The van der Waals surface area contributed by atoms with Crippen LogP contribution < -0.4 is 10.1 Å². The van der Waals surface area contributed by atoms with Crippen LogP contribution in [0.1, 0.15) is 66.5 Å². The molecule has 0 saturated carbocycles. The van der Waals surface area contributed by atoms with Crippen LogP contribution in [0, 0.1) is 11.3 Å². The van der Waals surface area contributed by atoms with Crippen LogP contribution in [-0.4, -0.2) is 23.9 Å². The Morgan fingerprint density at radius 3 is 2.14 bits per heavy atom. The summed E-state index contributed by atoms with van der Waals surface area (Å²) in [5.41, 5.74) is 1.27. The van der Waals surface area contributed by atoms with Crippen molar-refractivity contribution in [3.63, 3.8) is 0 Å². The highest BCUT2D eigenvalue weighted by Crippen LogP contribution is 2.60. The van der Waals surface area contributed by atoms with Gasteiger partial charge in [-0.25, -0.2) is 0 Å². The van der Waals surface area contributed by atoms with Gasteiger partial charge < -0.3 is 19.1 Å². The van der Waals surface area contributed by atoms with E-state index in [1.165, 1.54) is 0 Å². The quantitative estimate of drug-likeness (QED) is 0.428. The first-order valence-corrected chi connectivity index (χ1v) is 11.9. The number of anilines is 1. The van der Waals surface area contributed by atoms with Crippen LogP contribution in [0.2, 0.25) is 0 Å². The van der Waals surface area contributed by atoms with Crippen LogP contribution in [0.3, 0.4) is 0 Å². The van der Waals surface area contributed by atoms with Crippen molar-refractivity contribution >= 4 is 25.9 Å². The SMILES string of the molecule is CCOP(=O)(OCC)C(C#N)C1(S)Nc2cc(C(C)(C)C)cc(C(C)(C)C)c2O1. The van der Waals surface area contributed by atoms with Crippen molar-refractivity contribution in [1.82, 2.24) is 0 Å². The summed E-state index contributed by atoms with van der Waals surface area (Å²) in [5.74, 6) is 0.611. The number of nitriles is 1. The molecule has 162 valence electrons. The molecule has 1 aliphatic heterocycles. The summed E-state index contributed by atoms with van der Waals surface area (Å²) >= 11 is 4.64. The molecule has 2 atom stereocenters. The molecule has 1 aromatic rings. The monoisotopic (exact) mass is 440 g/mol. The van der Waals surface area contributed by atoms with Gasteiger partial charge in [0.25, 0.3) is 5.06 Å². The Hall–Kier alpha value is -1.19. The molecule has 1 N–H and O–H groups in total. The Labute approximate surface area is 180 Å². The van der Waals surface area contributed by atoms with Crippen LogP contribution in [0.4, 0.5) is 5.69 Å². The number of nitrogens with zero attached hydrogens (tertiary/aromatic N) is 1. The molecule has 0 aromatic heterocycles. The smallest absolute Gasteiger partial charge is 0.354 e. The maximum atomic E-state index is 13.4. The molecular formula is C21H33N2O4PS. The molecule has 6 nitrogen and oxygen atoms in total. The molecule has 0 radical (unpaired) electrons. The first-order valence-electron chi connectivity index (χ1n) is 9.88. The van der Waals surface area contributed by atoms with Gasteiger partial charge in [0.05, 0.1) is 25.0 Å². The largest absolute Gasteiger partial charge is 0.454 e. The van der Waals surface area contributed by atoms with Gasteiger partial charge in [-0.15, -0.1) is 12.6 Å². The Morgan fingerprint density at radius 2 is 1.72 bits per heavy atom.